The predicted octanol–water partition coefficient (Wildman–Crippen LogP) is 2.82. The number of carbonyl (C=O) groups excluding carboxylic acids is 1. The highest BCUT2D eigenvalue weighted by Crippen LogP contribution is 2.10. The van der Waals surface area contributed by atoms with E-state index in [2.05, 4.69) is 13.5 Å². The van der Waals surface area contributed by atoms with Gasteiger partial charge < -0.3 is 9.47 Å². The molecule has 0 aliphatic rings. The molecule has 0 spiro atoms. The van der Waals surface area contributed by atoms with E-state index < -0.39 is 5.97 Å². The third-order valence-electron chi connectivity index (χ3n) is 1.85. The van der Waals surface area contributed by atoms with Crippen molar-refractivity contribution in [1.82, 2.24) is 0 Å². The van der Waals surface area contributed by atoms with Crippen LogP contribution in [0.3, 0.4) is 0 Å². The predicted molar refractivity (Wildman–Crippen MR) is 60.4 cm³/mol. The maximum Gasteiger partial charge on any atom is 0.373 e. The highest BCUT2D eigenvalue weighted by Gasteiger charge is 2.14. The first kappa shape index (κ1) is 13.8. The summed E-state index contributed by atoms with van der Waals surface area (Å²) in [5.41, 5.74) is 0. The number of esters is 1. The van der Waals surface area contributed by atoms with Gasteiger partial charge in [0.25, 0.3) is 0 Å². The van der Waals surface area contributed by atoms with Crippen molar-refractivity contribution in [2.24, 2.45) is 0 Å². The molecule has 0 aromatic heterocycles. The fourth-order valence-electron chi connectivity index (χ4n) is 1.11. The van der Waals surface area contributed by atoms with Crippen molar-refractivity contribution < 1.29 is 14.3 Å². The van der Waals surface area contributed by atoms with Crippen LogP contribution in [0.2, 0.25) is 0 Å². The summed E-state index contributed by atoms with van der Waals surface area (Å²) in [6, 6.07) is 0. The maximum absolute atomic E-state index is 11.4. The summed E-state index contributed by atoms with van der Waals surface area (Å²) in [6.07, 6.45) is 5.03. The lowest BCUT2D eigenvalue weighted by molar-refractivity contribution is -0.143. The molecule has 0 bridgehead atoms. The summed E-state index contributed by atoms with van der Waals surface area (Å²) in [6.45, 7) is 9.59. The first-order valence-electron chi connectivity index (χ1n) is 5.32. The van der Waals surface area contributed by atoms with Crippen molar-refractivity contribution in [1.29, 1.82) is 0 Å². The lowest BCUT2D eigenvalue weighted by Crippen LogP contribution is -2.16. The van der Waals surface area contributed by atoms with Crippen LogP contribution in [-0.4, -0.2) is 18.7 Å². The van der Waals surface area contributed by atoms with Gasteiger partial charge in [0, 0.05) is 0 Å². The quantitative estimate of drug-likeness (QED) is 0.282. The molecule has 0 saturated carbocycles. The van der Waals surface area contributed by atoms with Crippen molar-refractivity contribution in [3.8, 4) is 0 Å². The van der Waals surface area contributed by atoms with E-state index in [1.807, 2.05) is 0 Å². The van der Waals surface area contributed by atoms with Crippen LogP contribution in [-0.2, 0) is 14.3 Å². The smallest absolute Gasteiger partial charge is 0.373 e. The molecule has 0 amide bonds. The van der Waals surface area contributed by atoms with E-state index >= 15 is 0 Å². The number of rotatable bonds is 7. The third-order valence-corrected chi connectivity index (χ3v) is 1.85. The van der Waals surface area contributed by atoms with E-state index in [9.17, 15) is 4.79 Å². The third kappa shape index (κ3) is 5.25. The van der Waals surface area contributed by atoms with Crippen LogP contribution in [0.15, 0.2) is 24.5 Å². The van der Waals surface area contributed by atoms with Gasteiger partial charge >= 0.3 is 5.97 Å². The van der Waals surface area contributed by atoms with Gasteiger partial charge in [-0.2, -0.15) is 0 Å². The van der Waals surface area contributed by atoms with Crippen LogP contribution in [0.25, 0.3) is 0 Å². The fraction of sp³-hybridized carbons (Fsp3) is 0.583. The van der Waals surface area contributed by atoms with Crippen molar-refractivity contribution in [3.63, 3.8) is 0 Å². The molecule has 0 aliphatic carbocycles. The second-order valence-electron chi connectivity index (χ2n) is 3.05. The Morgan fingerprint density at radius 1 is 1.47 bits per heavy atom. The monoisotopic (exact) mass is 212 g/mol. The largest absolute Gasteiger partial charge is 0.479 e. The molecule has 1 atom stereocenters. The van der Waals surface area contributed by atoms with Crippen LogP contribution in [0.1, 0.15) is 33.6 Å². The lowest BCUT2D eigenvalue weighted by Gasteiger charge is -2.15. The van der Waals surface area contributed by atoms with Crippen LogP contribution in [0, 0.1) is 0 Å². The zero-order valence-corrected chi connectivity index (χ0v) is 9.79. The molecule has 3 nitrogen and oxygen atoms in total. The second-order valence-corrected chi connectivity index (χ2v) is 3.05. The molecule has 0 unspecified atom stereocenters. The number of hydrogen-bond acceptors (Lipinski definition) is 3. The SMILES string of the molecule is C=C[C@H](CCC)O/C(=C\C)C(=O)OCC. The molecule has 0 saturated heterocycles. The Kier molecular flexibility index (Phi) is 7.42. The number of ether oxygens (including phenoxy) is 2. The Morgan fingerprint density at radius 3 is 2.53 bits per heavy atom. The Labute approximate surface area is 91.8 Å². The molecule has 0 aliphatic heterocycles. The van der Waals surface area contributed by atoms with Gasteiger partial charge in [-0.3, -0.25) is 0 Å². The first-order valence-corrected chi connectivity index (χ1v) is 5.32. The summed E-state index contributed by atoms with van der Waals surface area (Å²) in [5.74, 6) is -0.154. The summed E-state index contributed by atoms with van der Waals surface area (Å²) < 4.78 is 10.3. The highest BCUT2D eigenvalue weighted by molar-refractivity contribution is 5.86. The Hall–Kier alpha value is -1.25. The summed E-state index contributed by atoms with van der Waals surface area (Å²) in [7, 11) is 0. The molecule has 0 rings (SSSR count). The molecule has 3 heteroatoms. The molecular weight excluding hydrogens is 192 g/mol. The Morgan fingerprint density at radius 2 is 2.13 bits per heavy atom. The highest BCUT2D eigenvalue weighted by atomic mass is 16.6. The first-order chi connectivity index (χ1) is 7.19. The van der Waals surface area contributed by atoms with Gasteiger partial charge in [0.1, 0.15) is 6.10 Å². The van der Waals surface area contributed by atoms with Gasteiger partial charge in [0.15, 0.2) is 0 Å². The average molecular weight is 212 g/mol. The van der Waals surface area contributed by atoms with Gasteiger partial charge in [-0.05, 0) is 26.3 Å². The molecule has 0 N–H and O–H groups in total. The van der Waals surface area contributed by atoms with Crippen molar-refractivity contribution in [2.75, 3.05) is 6.61 Å². The standard InChI is InChI=1S/C12H20O3/c1-5-9-10(6-2)15-11(7-3)12(13)14-8-4/h6-7,10H,2,5,8-9H2,1,3-4H3/b11-7-/t10-/m1/s1. The van der Waals surface area contributed by atoms with Crippen LogP contribution < -0.4 is 0 Å². The summed E-state index contributed by atoms with van der Waals surface area (Å²) >= 11 is 0. The second kappa shape index (κ2) is 8.09. The summed E-state index contributed by atoms with van der Waals surface area (Å²) in [5, 5.41) is 0. The molecular formula is C12H20O3. The molecule has 0 fully saturated rings. The molecule has 0 aromatic carbocycles. The van der Waals surface area contributed by atoms with Gasteiger partial charge in [0.2, 0.25) is 5.76 Å². The Balaban J connectivity index is 4.31. The van der Waals surface area contributed by atoms with E-state index in [1.54, 1.807) is 26.0 Å². The average Bonchev–Trinajstić information content (AvgIpc) is 2.24. The Bertz CT molecular complexity index is 231. The van der Waals surface area contributed by atoms with Crippen molar-refractivity contribution >= 4 is 5.97 Å². The van der Waals surface area contributed by atoms with E-state index in [0.29, 0.717) is 6.61 Å². The minimum absolute atomic E-state index is 0.120. The van der Waals surface area contributed by atoms with Crippen molar-refractivity contribution in [3.05, 3.63) is 24.5 Å². The van der Waals surface area contributed by atoms with Gasteiger partial charge in [-0.15, -0.1) is 0 Å². The van der Waals surface area contributed by atoms with E-state index in [0.717, 1.165) is 12.8 Å². The maximum atomic E-state index is 11.4. The van der Waals surface area contributed by atoms with Crippen molar-refractivity contribution in [2.45, 2.75) is 39.7 Å². The zero-order chi connectivity index (χ0) is 11.7. The topological polar surface area (TPSA) is 35.5 Å². The fourth-order valence-corrected chi connectivity index (χ4v) is 1.11. The zero-order valence-electron chi connectivity index (χ0n) is 9.79. The van der Waals surface area contributed by atoms with Gasteiger partial charge in [0.05, 0.1) is 6.61 Å². The summed E-state index contributed by atoms with van der Waals surface area (Å²) in [4.78, 5) is 11.4. The van der Waals surface area contributed by atoms with Gasteiger partial charge in [-0.25, -0.2) is 4.79 Å². The van der Waals surface area contributed by atoms with Crippen LogP contribution >= 0.6 is 0 Å². The van der Waals surface area contributed by atoms with Crippen LogP contribution in [0.4, 0.5) is 0 Å². The minimum Gasteiger partial charge on any atom is -0.479 e. The normalized spacial score (nSPS) is 13.1. The number of carbonyl (C=O) groups is 1. The molecule has 86 valence electrons. The van der Waals surface area contributed by atoms with E-state index in [4.69, 9.17) is 9.47 Å². The van der Waals surface area contributed by atoms with Crippen LogP contribution in [0.5, 0.6) is 0 Å². The van der Waals surface area contributed by atoms with E-state index in [1.165, 1.54) is 0 Å². The lowest BCUT2D eigenvalue weighted by atomic mass is 10.2. The minimum atomic E-state index is -0.414. The van der Waals surface area contributed by atoms with Gasteiger partial charge in [-0.1, -0.05) is 26.0 Å². The molecule has 0 heterocycles. The van der Waals surface area contributed by atoms with E-state index in [-0.39, 0.29) is 11.9 Å². The number of allylic oxidation sites excluding steroid dienone is 1. The molecule has 0 aromatic rings. The number of hydrogen-bond donors (Lipinski definition) is 0. The molecule has 15 heavy (non-hydrogen) atoms. The molecule has 0 radical (unpaired) electrons.